The maximum Gasteiger partial charge on any atom is 0.131 e. The highest BCUT2D eigenvalue weighted by Crippen LogP contribution is 2.30. The van der Waals surface area contributed by atoms with Crippen LogP contribution in [0.5, 0.6) is 11.5 Å². The normalized spacial score (nSPS) is 9.70. The van der Waals surface area contributed by atoms with Crippen molar-refractivity contribution in [3.63, 3.8) is 0 Å². The molecule has 106 valence electrons. The van der Waals surface area contributed by atoms with E-state index in [0.29, 0.717) is 0 Å². The van der Waals surface area contributed by atoms with Gasteiger partial charge in [-0.1, -0.05) is 12.1 Å². The van der Waals surface area contributed by atoms with Crippen LogP contribution < -0.4 is 10.9 Å². The Hall–Kier alpha value is -2.04. The molecule has 0 aliphatic heterocycles. The van der Waals surface area contributed by atoms with E-state index in [1.165, 1.54) is 5.56 Å². The standard InChI is InChI=1S/C15H14N2O.ClH.H3N/c1-10-4-3-5-12(8-10)18-15-7-6-14-13(11(15)2)9-16-17-14;;/h3-9H,1-2H3,(H,16,17);1H;1H3. The van der Waals surface area contributed by atoms with Gasteiger partial charge in [0.15, 0.2) is 0 Å². The highest BCUT2D eigenvalue weighted by Gasteiger charge is 2.07. The van der Waals surface area contributed by atoms with Gasteiger partial charge in [-0.15, -0.1) is 12.4 Å². The Morgan fingerprint density at radius 3 is 2.65 bits per heavy atom. The van der Waals surface area contributed by atoms with Gasteiger partial charge in [0.25, 0.3) is 0 Å². The first-order chi connectivity index (χ1) is 8.74. The first-order valence-electron chi connectivity index (χ1n) is 5.91. The zero-order valence-corrected chi connectivity index (χ0v) is 12.3. The van der Waals surface area contributed by atoms with E-state index >= 15 is 0 Å². The van der Waals surface area contributed by atoms with Gasteiger partial charge >= 0.3 is 0 Å². The van der Waals surface area contributed by atoms with Crippen molar-refractivity contribution in [3.05, 3.63) is 53.7 Å². The lowest BCUT2D eigenvalue weighted by Crippen LogP contribution is -1.88. The van der Waals surface area contributed by atoms with Crippen LogP contribution in [0, 0.1) is 13.8 Å². The highest BCUT2D eigenvalue weighted by molar-refractivity contribution is 5.85. The molecule has 0 saturated carbocycles. The molecule has 0 saturated heterocycles. The summed E-state index contributed by atoms with van der Waals surface area (Å²) in [6.07, 6.45) is 1.83. The van der Waals surface area contributed by atoms with E-state index < -0.39 is 0 Å². The second kappa shape index (κ2) is 6.41. The van der Waals surface area contributed by atoms with Gasteiger partial charge in [-0.2, -0.15) is 5.10 Å². The van der Waals surface area contributed by atoms with Crippen molar-refractivity contribution < 1.29 is 4.74 Å². The van der Waals surface area contributed by atoms with E-state index in [1.54, 1.807) is 0 Å². The Labute approximate surface area is 124 Å². The van der Waals surface area contributed by atoms with Gasteiger partial charge in [-0.25, -0.2) is 0 Å². The lowest BCUT2D eigenvalue weighted by atomic mass is 10.1. The van der Waals surface area contributed by atoms with E-state index in [-0.39, 0.29) is 18.6 Å². The smallest absolute Gasteiger partial charge is 0.131 e. The second-order valence-electron chi connectivity index (χ2n) is 4.44. The molecule has 1 heterocycles. The van der Waals surface area contributed by atoms with Crippen LogP contribution in [-0.4, -0.2) is 10.2 Å². The Morgan fingerprint density at radius 1 is 1.10 bits per heavy atom. The van der Waals surface area contributed by atoms with E-state index in [9.17, 15) is 0 Å². The van der Waals surface area contributed by atoms with Gasteiger partial charge in [0.05, 0.1) is 11.7 Å². The number of nitrogens with zero attached hydrogens (tertiary/aromatic N) is 1. The van der Waals surface area contributed by atoms with Gasteiger partial charge in [0, 0.05) is 10.9 Å². The molecule has 0 aliphatic rings. The van der Waals surface area contributed by atoms with Crippen molar-refractivity contribution in [2.24, 2.45) is 0 Å². The number of benzene rings is 2. The molecule has 0 amide bonds. The maximum atomic E-state index is 5.93. The Morgan fingerprint density at radius 2 is 1.90 bits per heavy atom. The summed E-state index contributed by atoms with van der Waals surface area (Å²) in [5.41, 5.74) is 3.32. The number of nitrogens with one attached hydrogen (secondary N) is 1. The summed E-state index contributed by atoms with van der Waals surface area (Å²) in [7, 11) is 0. The van der Waals surface area contributed by atoms with Crippen LogP contribution in [-0.2, 0) is 0 Å². The van der Waals surface area contributed by atoms with E-state index in [4.69, 9.17) is 4.74 Å². The van der Waals surface area contributed by atoms with Crippen LogP contribution in [0.2, 0.25) is 0 Å². The summed E-state index contributed by atoms with van der Waals surface area (Å²) in [4.78, 5) is 0. The Kier molecular flexibility index (Phi) is 5.13. The molecule has 3 rings (SSSR count). The number of hydrogen-bond acceptors (Lipinski definition) is 3. The zero-order valence-electron chi connectivity index (χ0n) is 11.5. The van der Waals surface area contributed by atoms with Crippen molar-refractivity contribution in [2.45, 2.75) is 13.8 Å². The second-order valence-corrected chi connectivity index (χ2v) is 4.44. The molecule has 5 heteroatoms. The van der Waals surface area contributed by atoms with Gasteiger partial charge in [0.2, 0.25) is 0 Å². The summed E-state index contributed by atoms with van der Waals surface area (Å²) < 4.78 is 5.93. The molecule has 0 fully saturated rings. The summed E-state index contributed by atoms with van der Waals surface area (Å²) >= 11 is 0. The first-order valence-corrected chi connectivity index (χ1v) is 5.91. The SMILES string of the molecule is Cc1cccc(Oc2ccc3[nH]ncc3c2C)c1.Cl.N. The average molecular weight is 292 g/mol. The third-order valence-corrected chi connectivity index (χ3v) is 3.06. The molecule has 0 spiro atoms. The minimum atomic E-state index is 0. The highest BCUT2D eigenvalue weighted by atomic mass is 35.5. The largest absolute Gasteiger partial charge is 0.457 e. The number of rotatable bonds is 2. The quantitative estimate of drug-likeness (QED) is 0.727. The van der Waals surface area contributed by atoms with Crippen LogP contribution in [0.25, 0.3) is 10.9 Å². The Bertz CT molecular complexity index is 709. The van der Waals surface area contributed by atoms with Crippen LogP contribution in [0.3, 0.4) is 0 Å². The van der Waals surface area contributed by atoms with E-state index in [1.807, 2.05) is 43.5 Å². The van der Waals surface area contributed by atoms with Crippen molar-refractivity contribution >= 4 is 23.3 Å². The minimum Gasteiger partial charge on any atom is -0.457 e. The lowest BCUT2D eigenvalue weighted by molar-refractivity contribution is 0.479. The van der Waals surface area contributed by atoms with Crippen LogP contribution >= 0.6 is 12.4 Å². The predicted molar refractivity (Wildman–Crippen MR) is 84.4 cm³/mol. The van der Waals surface area contributed by atoms with Crippen molar-refractivity contribution in [1.29, 1.82) is 0 Å². The number of aromatic amines is 1. The minimum absolute atomic E-state index is 0. The predicted octanol–water partition coefficient (Wildman–Crippen LogP) is 4.56. The molecule has 0 unspecified atom stereocenters. The fraction of sp³-hybridized carbons (Fsp3) is 0.133. The van der Waals surface area contributed by atoms with Gasteiger partial charge in [-0.05, 0) is 43.7 Å². The number of hydrogen-bond donors (Lipinski definition) is 2. The molecule has 0 atom stereocenters. The lowest BCUT2D eigenvalue weighted by Gasteiger charge is -2.09. The monoisotopic (exact) mass is 291 g/mol. The molecule has 3 aromatic rings. The summed E-state index contributed by atoms with van der Waals surface area (Å²) in [5, 5.41) is 8.10. The van der Waals surface area contributed by atoms with Crippen molar-refractivity contribution in [2.75, 3.05) is 0 Å². The third kappa shape index (κ3) is 2.92. The fourth-order valence-corrected chi connectivity index (χ4v) is 2.06. The van der Waals surface area contributed by atoms with Gasteiger partial charge in [-0.3, -0.25) is 5.10 Å². The molecule has 4 N–H and O–H groups in total. The number of ether oxygens (including phenoxy) is 1. The number of H-pyrrole nitrogens is 1. The summed E-state index contributed by atoms with van der Waals surface area (Å²) in [5.74, 6) is 1.73. The zero-order chi connectivity index (χ0) is 12.5. The molecule has 2 aromatic carbocycles. The van der Waals surface area contributed by atoms with Gasteiger partial charge in [0.1, 0.15) is 11.5 Å². The first kappa shape index (κ1) is 16.0. The molecular formula is C15H18ClN3O. The molecule has 1 aromatic heterocycles. The maximum absolute atomic E-state index is 5.93. The van der Waals surface area contributed by atoms with E-state index in [0.717, 1.165) is 28.0 Å². The third-order valence-electron chi connectivity index (χ3n) is 3.06. The summed E-state index contributed by atoms with van der Waals surface area (Å²) in [6.45, 7) is 4.10. The molecule has 0 radical (unpaired) electrons. The average Bonchev–Trinajstić information content (AvgIpc) is 2.82. The van der Waals surface area contributed by atoms with Crippen LogP contribution in [0.1, 0.15) is 11.1 Å². The van der Waals surface area contributed by atoms with Crippen molar-refractivity contribution in [3.8, 4) is 11.5 Å². The van der Waals surface area contributed by atoms with Gasteiger partial charge < -0.3 is 10.9 Å². The number of aryl methyl sites for hydroxylation is 2. The molecule has 0 aliphatic carbocycles. The van der Waals surface area contributed by atoms with E-state index in [2.05, 4.69) is 23.2 Å². The Balaban J connectivity index is 0.000001000. The molecule has 20 heavy (non-hydrogen) atoms. The molecule has 4 nitrogen and oxygen atoms in total. The molecule has 0 bridgehead atoms. The van der Waals surface area contributed by atoms with Crippen LogP contribution in [0.4, 0.5) is 0 Å². The molecular weight excluding hydrogens is 274 g/mol. The topological polar surface area (TPSA) is 72.9 Å². The van der Waals surface area contributed by atoms with Crippen LogP contribution in [0.15, 0.2) is 42.6 Å². The van der Waals surface area contributed by atoms with Crippen molar-refractivity contribution in [1.82, 2.24) is 16.3 Å². The number of fused-ring (bicyclic) bond motifs is 1. The number of aromatic nitrogens is 2. The fourth-order valence-electron chi connectivity index (χ4n) is 2.06. The summed E-state index contributed by atoms with van der Waals surface area (Å²) in [6, 6.07) is 12.0. The number of halogens is 1.